The van der Waals surface area contributed by atoms with Gasteiger partial charge in [-0.15, -0.1) is 0 Å². The van der Waals surface area contributed by atoms with Gasteiger partial charge < -0.3 is 10.9 Å². The molecule has 0 amide bonds. The van der Waals surface area contributed by atoms with Crippen LogP contribution in [-0.4, -0.2) is 28.5 Å². The molecule has 1 saturated heterocycles. The van der Waals surface area contributed by atoms with E-state index < -0.39 is 0 Å². The number of amidine groups is 1. The molecular formula is C13H19N3O. The van der Waals surface area contributed by atoms with Crippen molar-refractivity contribution in [1.82, 2.24) is 4.90 Å². The van der Waals surface area contributed by atoms with Crippen LogP contribution in [-0.2, 0) is 6.54 Å². The van der Waals surface area contributed by atoms with Gasteiger partial charge in [0.25, 0.3) is 0 Å². The molecular weight excluding hydrogens is 214 g/mol. The predicted octanol–water partition coefficient (Wildman–Crippen LogP) is 1.71. The van der Waals surface area contributed by atoms with E-state index in [1.807, 2.05) is 0 Å². The monoisotopic (exact) mass is 233 g/mol. The molecule has 17 heavy (non-hydrogen) atoms. The maximum Gasteiger partial charge on any atom is 0.156 e. The quantitative estimate of drug-likeness (QED) is 0.361. The van der Waals surface area contributed by atoms with Crippen LogP contribution in [0.4, 0.5) is 0 Å². The summed E-state index contributed by atoms with van der Waals surface area (Å²) in [5, 5.41) is 11.9. The molecule has 92 valence electrons. The summed E-state index contributed by atoms with van der Waals surface area (Å²) in [5.41, 5.74) is 8.24. The lowest BCUT2D eigenvalue weighted by atomic mass is 10.1. The van der Waals surface area contributed by atoms with Crippen LogP contribution in [0.5, 0.6) is 0 Å². The highest BCUT2D eigenvalue weighted by Gasteiger charge is 2.27. The molecule has 0 aromatic heterocycles. The minimum atomic E-state index is 0.0845. The van der Waals surface area contributed by atoms with Crippen LogP contribution in [0.2, 0.25) is 0 Å². The lowest BCUT2D eigenvalue weighted by Crippen LogP contribution is -2.40. The van der Waals surface area contributed by atoms with Crippen molar-refractivity contribution in [1.29, 1.82) is 0 Å². The van der Waals surface area contributed by atoms with Crippen LogP contribution >= 0.6 is 0 Å². The van der Waals surface area contributed by atoms with Gasteiger partial charge in [-0.2, -0.15) is 0 Å². The standard InChI is InChI=1S/C13H19N3O/c1-10-4-6-11(7-5-10)9-16-8-2-3-12(16)13(14)15-17/h4-7,12,17H,2-3,8-9H2,1H3,(H2,14,15). The largest absolute Gasteiger partial charge is 0.409 e. The first-order valence-corrected chi connectivity index (χ1v) is 5.97. The number of nitrogens with zero attached hydrogens (tertiary/aromatic N) is 2. The molecule has 4 heteroatoms. The Morgan fingerprint density at radius 1 is 1.47 bits per heavy atom. The maximum atomic E-state index is 8.75. The molecule has 0 saturated carbocycles. The van der Waals surface area contributed by atoms with Crippen LogP contribution in [0.15, 0.2) is 29.4 Å². The minimum absolute atomic E-state index is 0.0845. The number of likely N-dealkylation sites (tertiary alicyclic amines) is 1. The minimum Gasteiger partial charge on any atom is -0.409 e. The Balaban J connectivity index is 2.05. The van der Waals surface area contributed by atoms with Gasteiger partial charge >= 0.3 is 0 Å². The first-order chi connectivity index (χ1) is 8.20. The Morgan fingerprint density at radius 3 is 2.82 bits per heavy atom. The van der Waals surface area contributed by atoms with Crippen LogP contribution < -0.4 is 5.73 Å². The van der Waals surface area contributed by atoms with E-state index >= 15 is 0 Å². The Kier molecular flexibility index (Phi) is 3.64. The van der Waals surface area contributed by atoms with Gasteiger partial charge in [-0.25, -0.2) is 0 Å². The Morgan fingerprint density at radius 2 is 2.18 bits per heavy atom. The molecule has 0 spiro atoms. The average molecular weight is 233 g/mol. The Labute approximate surface area is 102 Å². The normalized spacial score (nSPS) is 21.9. The Bertz CT molecular complexity index is 400. The van der Waals surface area contributed by atoms with E-state index in [0.717, 1.165) is 25.9 Å². The van der Waals surface area contributed by atoms with Crippen molar-refractivity contribution in [3.63, 3.8) is 0 Å². The van der Waals surface area contributed by atoms with Crippen molar-refractivity contribution in [2.24, 2.45) is 10.9 Å². The molecule has 3 N–H and O–H groups in total. The third-order valence-corrected chi connectivity index (χ3v) is 3.33. The average Bonchev–Trinajstić information content (AvgIpc) is 2.79. The van der Waals surface area contributed by atoms with E-state index in [0.29, 0.717) is 5.84 Å². The molecule has 1 aromatic rings. The second-order valence-electron chi connectivity index (χ2n) is 4.64. The maximum absolute atomic E-state index is 8.75. The molecule has 1 aliphatic rings. The molecule has 1 aliphatic heterocycles. The number of hydrogen-bond acceptors (Lipinski definition) is 3. The summed E-state index contributed by atoms with van der Waals surface area (Å²) in [4.78, 5) is 2.26. The van der Waals surface area contributed by atoms with Gasteiger partial charge in [0.1, 0.15) is 0 Å². The van der Waals surface area contributed by atoms with Crippen molar-refractivity contribution < 1.29 is 5.21 Å². The summed E-state index contributed by atoms with van der Waals surface area (Å²) in [7, 11) is 0. The Hall–Kier alpha value is -1.55. The zero-order chi connectivity index (χ0) is 12.3. The van der Waals surface area contributed by atoms with Gasteiger partial charge in [0.05, 0.1) is 6.04 Å². The van der Waals surface area contributed by atoms with Crippen molar-refractivity contribution in [2.75, 3.05) is 6.54 Å². The first-order valence-electron chi connectivity index (χ1n) is 5.97. The highest BCUT2D eigenvalue weighted by Crippen LogP contribution is 2.20. The second kappa shape index (κ2) is 5.19. The summed E-state index contributed by atoms with van der Waals surface area (Å²) < 4.78 is 0. The van der Waals surface area contributed by atoms with Crippen molar-refractivity contribution in [2.45, 2.75) is 32.4 Å². The summed E-state index contributed by atoms with van der Waals surface area (Å²) in [6.07, 6.45) is 2.08. The fourth-order valence-electron chi connectivity index (χ4n) is 2.34. The van der Waals surface area contributed by atoms with Crippen molar-refractivity contribution in [3.8, 4) is 0 Å². The van der Waals surface area contributed by atoms with Gasteiger partial charge in [0.15, 0.2) is 5.84 Å². The molecule has 0 aliphatic carbocycles. The zero-order valence-corrected chi connectivity index (χ0v) is 10.1. The van der Waals surface area contributed by atoms with E-state index in [1.165, 1.54) is 11.1 Å². The van der Waals surface area contributed by atoms with Crippen molar-refractivity contribution >= 4 is 5.84 Å². The number of nitrogens with two attached hydrogens (primary N) is 1. The van der Waals surface area contributed by atoms with Gasteiger partial charge in [0.2, 0.25) is 0 Å². The topological polar surface area (TPSA) is 61.8 Å². The molecule has 1 heterocycles. The van der Waals surface area contributed by atoms with Gasteiger partial charge in [-0.3, -0.25) is 4.90 Å². The SMILES string of the molecule is Cc1ccc(CN2CCCC2C(N)=NO)cc1. The predicted molar refractivity (Wildman–Crippen MR) is 68.0 cm³/mol. The van der Waals surface area contributed by atoms with E-state index in [4.69, 9.17) is 10.9 Å². The third kappa shape index (κ3) is 2.77. The van der Waals surface area contributed by atoms with E-state index in [2.05, 4.69) is 41.2 Å². The molecule has 1 aromatic carbocycles. The third-order valence-electron chi connectivity index (χ3n) is 3.33. The summed E-state index contributed by atoms with van der Waals surface area (Å²) in [6, 6.07) is 8.59. The lowest BCUT2D eigenvalue weighted by Gasteiger charge is -2.23. The number of oxime groups is 1. The van der Waals surface area contributed by atoms with Crippen molar-refractivity contribution in [3.05, 3.63) is 35.4 Å². The van der Waals surface area contributed by atoms with Crippen LogP contribution in [0, 0.1) is 6.92 Å². The van der Waals surface area contributed by atoms with E-state index in [9.17, 15) is 0 Å². The van der Waals surface area contributed by atoms with Crippen LogP contribution in [0.25, 0.3) is 0 Å². The number of hydrogen-bond donors (Lipinski definition) is 2. The zero-order valence-electron chi connectivity index (χ0n) is 10.1. The molecule has 1 atom stereocenters. The first kappa shape index (κ1) is 11.9. The van der Waals surface area contributed by atoms with Crippen LogP contribution in [0.1, 0.15) is 24.0 Å². The number of benzene rings is 1. The molecule has 0 bridgehead atoms. The molecule has 2 rings (SSSR count). The summed E-state index contributed by atoms with van der Waals surface area (Å²) in [5.74, 6) is 0.328. The highest BCUT2D eigenvalue weighted by molar-refractivity contribution is 5.85. The molecule has 4 nitrogen and oxygen atoms in total. The number of aryl methyl sites for hydroxylation is 1. The smallest absolute Gasteiger partial charge is 0.156 e. The molecule has 0 radical (unpaired) electrons. The lowest BCUT2D eigenvalue weighted by molar-refractivity contribution is 0.275. The summed E-state index contributed by atoms with van der Waals surface area (Å²) in [6.45, 7) is 3.95. The molecule has 1 fully saturated rings. The number of rotatable bonds is 3. The highest BCUT2D eigenvalue weighted by atomic mass is 16.4. The van der Waals surface area contributed by atoms with E-state index in [-0.39, 0.29) is 6.04 Å². The fraction of sp³-hybridized carbons (Fsp3) is 0.462. The van der Waals surface area contributed by atoms with Crippen LogP contribution in [0.3, 0.4) is 0 Å². The van der Waals surface area contributed by atoms with Gasteiger partial charge in [-0.05, 0) is 31.9 Å². The summed E-state index contributed by atoms with van der Waals surface area (Å²) >= 11 is 0. The second-order valence-corrected chi connectivity index (χ2v) is 4.64. The van der Waals surface area contributed by atoms with Gasteiger partial charge in [0, 0.05) is 6.54 Å². The molecule has 1 unspecified atom stereocenters. The van der Waals surface area contributed by atoms with Gasteiger partial charge in [-0.1, -0.05) is 35.0 Å². The van der Waals surface area contributed by atoms with E-state index in [1.54, 1.807) is 0 Å². The fourth-order valence-corrected chi connectivity index (χ4v) is 2.34.